The number of anilines is 6. The van der Waals surface area contributed by atoms with Crippen molar-refractivity contribution in [1.29, 1.82) is 0 Å². The molecule has 0 fully saturated rings. The van der Waals surface area contributed by atoms with Crippen LogP contribution < -0.4 is 21.3 Å². The minimum absolute atomic E-state index is 0.195. The van der Waals surface area contributed by atoms with E-state index in [1.54, 1.807) is 6.92 Å². The van der Waals surface area contributed by atoms with Crippen molar-refractivity contribution in [1.82, 2.24) is 15.0 Å². The quantitative estimate of drug-likeness (QED) is 0.243. The molecule has 184 valence electrons. The zero-order valence-electron chi connectivity index (χ0n) is 21.2. The molecule has 0 aliphatic carbocycles. The molecule has 1 amide bonds. The summed E-state index contributed by atoms with van der Waals surface area (Å²) in [6, 6.07) is 21.1. The lowest BCUT2D eigenvalue weighted by atomic mass is 10.1. The topological polar surface area (TPSA) is 104 Å². The van der Waals surface area contributed by atoms with Crippen LogP contribution in [0.25, 0.3) is 0 Å². The second kappa shape index (κ2) is 10.9. The minimum atomic E-state index is -0.589. The maximum Gasteiger partial charge on any atom is 0.246 e. The molecule has 4 N–H and O–H groups in total. The number of carbonyl (C=O) groups excluding carboxylic acids is 1. The summed E-state index contributed by atoms with van der Waals surface area (Å²) in [5, 5.41) is 12.5. The fourth-order valence-electron chi connectivity index (χ4n) is 3.41. The van der Waals surface area contributed by atoms with Crippen LogP contribution in [0.15, 0.2) is 66.7 Å². The Hall–Kier alpha value is -4.46. The number of nitrogens with zero attached hydrogens (tertiary/aromatic N) is 3. The fourth-order valence-corrected chi connectivity index (χ4v) is 3.41. The molecule has 0 saturated heterocycles. The number of hydrogen-bond acceptors (Lipinski definition) is 7. The van der Waals surface area contributed by atoms with Gasteiger partial charge in [-0.3, -0.25) is 4.79 Å². The van der Waals surface area contributed by atoms with Gasteiger partial charge < -0.3 is 21.3 Å². The lowest BCUT2D eigenvalue weighted by Gasteiger charge is -2.16. The first-order valence-electron chi connectivity index (χ1n) is 11.8. The molecule has 4 rings (SSSR count). The van der Waals surface area contributed by atoms with E-state index in [2.05, 4.69) is 36.2 Å². The van der Waals surface area contributed by atoms with Crippen LogP contribution in [0.3, 0.4) is 0 Å². The van der Waals surface area contributed by atoms with E-state index in [1.165, 1.54) is 5.56 Å². The molecule has 1 aromatic heterocycles. The normalized spacial score (nSPS) is 11.5. The van der Waals surface area contributed by atoms with E-state index < -0.39 is 6.04 Å². The average molecular weight is 482 g/mol. The molecule has 0 bridgehead atoms. The summed E-state index contributed by atoms with van der Waals surface area (Å²) in [6.45, 7) is 9.88. The Kier molecular flexibility index (Phi) is 7.44. The molecule has 8 heteroatoms. The fraction of sp³-hybridized carbons (Fsp3) is 0.214. The number of aryl methyl sites for hydroxylation is 4. The predicted molar refractivity (Wildman–Crippen MR) is 146 cm³/mol. The van der Waals surface area contributed by atoms with Crippen molar-refractivity contribution >= 4 is 40.8 Å². The van der Waals surface area contributed by atoms with Gasteiger partial charge in [-0.2, -0.15) is 15.0 Å². The van der Waals surface area contributed by atoms with Crippen LogP contribution in [0.5, 0.6) is 0 Å². The van der Waals surface area contributed by atoms with Gasteiger partial charge in [0, 0.05) is 17.1 Å². The Morgan fingerprint density at radius 3 is 1.61 bits per heavy atom. The van der Waals surface area contributed by atoms with E-state index in [9.17, 15) is 4.79 Å². The molecule has 0 radical (unpaired) electrons. The molecule has 0 unspecified atom stereocenters. The summed E-state index contributed by atoms with van der Waals surface area (Å²) in [5.41, 5.74) is 7.04. The van der Waals surface area contributed by atoms with Gasteiger partial charge in [0.05, 0.1) is 0 Å². The van der Waals surface area contributed by atoms with Crippen molar-refractivity contribution in [2.75, 3.05) is 21.3 Å². The van der Waals surface area contributed by atoms with Gasteiger partial charge in [-0.05, 0) is 82.1 Å². The van der Waals surface area contributed by atoms with E-state index in [-0.39, 0.29) is 11.9 Å². The van der Waals surface area contributed by atoms with Crippen molar-refractivity contribution in [3.8, 4) is 0 Å². The van der Waals surface area contributed by atoms with Crippen molar-refractivity contribution in [3.63, 3.8) is 0 Å². The van der Waals surface area contributed by atoms with Gasteiger partial charge >= 0.3 is 0 Å². The summed E-state index contributed by atoms with van der Waals surface area (Å²) in [6.07, 6.45) is 0. The number of carbonyl (C=O) groups is 1. The SMILES string of the molecule is Cc1ccc(Nc2nc(Nc3ccc(C)cc3)nc(N[C@H](C)C(=O)Nc3ccc(C)c(C)c3)n2)cc1. The standard InChI is InChI=1S/C28H31N7O/c1-17-6-11-22(12-7-17)31-27-33-26(34-28(35-27)32-23-13-8-18(2)9-14-23)29-21(5)25(36)30-24-15-10-19(3)20(4)16-24/h6-16,21H,1-5H3,(H,30,36)(H3,29,31,32,33,34,35)/t21-/m1/s1. The first-order chi connectivity index (χ1) is 17.2. The highest BCUT2D eigenvalue weighted by Crippen LogP contribution is 2.20. The molecular formula is C28H31N7O. The van der Waals surface area contributed by atoms with E-state index in [0.29, 0.717) is 11.9 Å². The number of rotatable bonds is 8. The minimum Gasteiger partial charge on any atom is -0.342 e. The first kappa shape index (κ1) is 24.7. The Bertz CT molecular complexity index is 1290. The van der Waals surface area contributed by atoms with Crippen LogP contribution >= 0.6 is 0 Å². The Labute approximate surface area is 211 Å². The van der Waals surface area contributed by atoms with Crippen LogP contribution in [0.4, 0.5) is 34.9 Å². The molecule has 8 nitrogen and oxygen atoms in total. The Morgan fingerprint density at radius 2 is 1.11 bits per heavy atom. The third kappa shape index (κ3) is 6.56. The summed E-state index contributed by atoms with van der Waals surface area (Å²) in [4.78, 5) is 26.4. The van der Waals surface area contributed by atoms with Gasteiger partial charge in [0.25, 0.3) is 0 Å². The van der Waals surface area contributed by atoms with Crippen molar-refractivity contribution < 1.29 is 4.79 Å². The number of benzene rings is 3. The lowest BCUT2D eigenvalue weighted by molar-refractivity contribution is -0.116. The zero-order valence-corrected chi connectivity index (χ0v) is 21.2. The Balaban J connectivity index is 1.55. The molecule has 1 atom stereocenters. The molecule has 3 aromatic carbocycles. The zero-order chi connectivity index (χ0) is 25.7. The van der Waals surface area contributed by atoms with Gasteiger partial charge in [0.2, 0.25) is 23.8 Å². The highest BCUT2D eigenvalue weighted by atomic mass is 16.2. The van der Waals surface area contributed by atoms with Crippen LogP contribution in [-0.4, -0.2) is 26.9 Å². The van der Waals surface area contributed by atoms with E-state index in [1.807, 2.05) is 94.4 Å². The van der Waals surface area contributed by atoms with E-state index in [4.69, 9.17) is 0 Å². The average Bonchev–Trinajstić information content (AvgIpc) is 2.84. The summed E-state index contributed by atoms with van der Waals surface area (Å²) in [5.74, 6) is 0.789. The third-order valence-electron chi connectivity index (χ3n) is 5.76. The van der Waals surface area contributed by atoms with Crippen LogP contribution in [0, 0.1) is 27.7 Å². The number of aromatic nitrogens is 3. The highest BCUT2D eigenvalue weighted by Gasteiger charge is 2.16. The largest absolute Gasteiger partial charge is 0.342 e. The Morgan fingerprint density at radius 1 is 0.639 bits per heavy atom. The maximum absolute atomic E-state index is 12.9. The third-order valence-corrected chi connectivity index (χ3v) is 5.76. The van der Waals surface area contributed by atoms with Gasteiger partial charge in [-0.15, -0.1) is 0 Å². The second-order valence-electron chi connectivity index (χ2n) is 8.94. The van der Waals surface area contributed by atoms with Crippen LogP contribution in [0.2, 0.25) is 0 Å². The second-order valence-corrected chi connectivity index (χ2v) is 8.94. The van der Waals surface area contributed by atoms with Gasteiger partial charge in [-0.1, -0.05) is 41.5 Å². The summed E-state index contributed by atoms with van der Waals surface area (Å²) < 4.78 is 0. The highest BCUT2D eigenvalue weighted by molar-refractivity contribution is 5.96. The van der Waals surface area contributed by atoms with Crippen molar-refractivity contribution in [3.05, 3.63) is 89.0 Å². The molecule has 0 spiro atoms. The van der Waals surface area contributed by atoms with E-state index >= 15 is 0 Å². The molecular weight excluding hydrogens is 450 g/mol. The number of nitrogens with one attached hydrogen (secondary N) is 4. The van der Waals surface area contributed by atoms with Crippen molar-refractivity contribution in [2.45, 2.75) is 40.7 Å². The molecule has 0 aliphatic heterocycles. The molecule has 0 saturated carbocycles. The monoisotopic (exact) mass is 481 g/mol. The molecule has 36 heavy (non-hydrogen) atoms. The van der Waals surface area contributed by atoms with Gasteiger partial charge in [-0.25, -0.2) is 0 Å². The number of hydrogen-bond donors (Lipinski definition) is 4. The van der Waals surface area contributed by atoms with Crippen molar-refractivity contribution in [2.24, 2.45) is 0 Å². The van der Waals surface area contributed by atoms with E-state index in [0.717, 1.165) is 33.8 Å². The van der Waals surface area contributed by atoms with Crippen LogP contribution in [-0.2, 0) is 4.79 Å². The maximum atomic E-state index is 12.9. The van der Waals surface area contributed by atoms with Crippen LogP contribution in [0.1, 0.15) is 29.2 Å². The predicted octanol–water partition coefficient (Wildman–Crippen LogP) is 6.03. The lowest BCUT2D eigenvalue weighted by Crippen LogP contribution is -2.32. The molecule has 0 aliphatic rings. The summed E-state index contributed by atoms with van der Waals surface area (Å²) >= 11 is 0. The van der Waals surface area contributed by atoms with Gasteiger partial charge in [0.15, 0.2) is 0 Å². The first-order valence-corrected chi connectivity index (χ1v) is 11.8. The summed E-state index contributed by atoms with van der Waals surface area (Å²) in [7, 11) is 0. The molecule has 4 aromatic rings. The smallest absolute Gasteiger partial charge is 0.246 e. The molecule has 1 heterocycles. The van der Waals surface area contributed by atoms with Gasteiger partial charge in [0.1, 0.15) is 6.04 Å². The number of amides is 1.